The van der Waals surface area contributed by atoms with Gasteiger partial charge in [0.05, 0.1) is 13.2 Å². The number of carbonyl (C=O) groups is 1. The van der Waals surface area contributed by atoms with Crippen molar-refractivity contribution in [2.24, 2.45) is 22.7 Å². The summed E-state index contributed by atoms with van der Waals surface area (Å²) in [5.74, 6) is 1.77. The zero-order valence-electron chi connectivity index (χ0n) is 21.2. The van der Waals surface area contributed by atoms with Gasteiger partial charge in [0.2, 0.25) is 5.91 Å². The Labute approximate surface area is 200 Å². The van der Waals surface area contributed by atoms with Crippen molar-refractivity contribution in [2.45, 2.75) is 78.7 Å². The lowest BCUT2D eigenvalue weighted by Crippen LogP contribution is -2.54. The molecule has 1 amide bonds. The zero-order chi connectivity index (χ0) is 24.2. The van der Waals surface area contributed by atoms with Crippen LogP contribution in [0.25, 0.3) is 0 Å². The van der Waals surface area contributed by atoms with E-state index in [2.05, 4.69) is 39.6 Å². The number of allylic oxidation sites excluding steroid dienone is 2. The van der Waals surface area contributed by atoms with Gasteiger partial charge < -0.3 is 15.2 Å². The number of rotatable bonds is 8. The summed E-state index contributed by atoms with van der Waals surface area (Å²) in [6, 6.07) is 7.95. The number of aliphatic hydroxyl groups excluding tert-OH is 1. The molecule has 0 unspecified atom stereocenters. The molecule has 0 heterocycles. The molecule has 0 aliphatic heterocycles. The van der Waals surface area contributed by atoms with E-state index in [0.29, 0.717) is 18.4 Å². The quantitative estimate of drug-likeness (QED) is 0.383. The highest BCUT2D eigenvalue weighted by Crippen LogP contribution is 2.61. The SMILES string of the molecule is C=C1CC[C@@H]2C(C)(C)[C@H](O)CC[C@@]2(C)[C@@H]1CC/C(C)=C/C(=O)NCCc1cccc(OC)c1. The number of aliphatic hydroxyl groups is 1. The van der Waals surface area contributed by atoms with Crippen molar-refractivity contribution in [3.8, 4) is 5.75 Å². The van der Waals surface area contributed by atoms with Crippen molar-refractivity contribution in [3.63, 3.8) is 0 Å². The second-order valence-electron chi connectivity index (χ2n) is 11.1. The molecule has 2 N–H and O–H groups in total. The smallest absolute Gasteiger partial charge is 0.243 e. The fourth-order valence-corrected chi connectivity index (χ4v) is 6.58. The third kappa shape index (κ3) is 5.71. The largest absolute Gasteiger partial charge is 0.497 e. The van der Waals surface area contributed by atoms with Crippen molar-refractivity contribution in [3.05, 3.63) is 53.6 Å². The molecular weight excluding hydrogens is 410 g/mol. The van der Waals surface area contributed by atoms with Gasteiger partial charge in [0.1, 0.15) is 5.75 Å². The summed E-state index contributed by atoms with van der Waals surface area (Å²) >= 11 is 0. The van der Waals surface area contributed by atoms with Gasteiger partial charge in [-0.2, -0.15) is 0 Å². The second-order valence-corrected chi connectivity index (χ2v) is 11.1. The molecule has 2 saturated carbocycles. The normalized spacial score (nSPS) is 29.3. The predicted octanol–water partition coefficient (Wildman–Crippen LogP) is 5.85. The van der Waals surface area contributed by atoms with Gasteiger partial charge in [-0.15, -0.1) is 0 Å². The number of amides is 1. The average molecular weight is 454 g/mol. The fraction of sp³-hybridized carbons (Fsp3) is 0.621. The fourth-order valence-electron chi connectivity index (χ4n) is 6.58. The zero-order valence-corrected chi connectivity index (χ0v) is 21.2. The maximum Gasteiger partial charge on any atom is 0.243 e. The topological polar surface area (TPSA) is 58.6 Å². The summed E-state index contributed by atoms with van der Waals surface area (Å²) < 4.78 is 5.26. The molecule has 0 radical (unpaired) electrons. The van der Waals surface area contributed by atoms with E-state index >= 15 is 0 Å². The molecule has 0 bridgehead atoms. The van der Waals surface area contributed by atoms with E-state index in [4.69, 9.17) is 4.74 Å². The average Bonchev–Trinajstić information content (AvgIpc) is 2.76. The van der Waals surface area contributed by atoms with Crippen LogP contribution in [0.1, 0.15) is 71.8 Å². The summed E-state index contributed by atoms with van der Waals surface area (Å²) in [7, 11) is 1.66. The van der Waals surface area contributed by atoms with E-state index < -0.39 is 0 Å². The van der Waals surface area contributed by atoms with Crippen LogP contribution in [0.5, 0.6) is 5.75 Å². The Morgan fingerprint density at radius 2 is 2.06 bits per heavy atom. The van der Waals surface area contributed by atoms with Crippen molar-refractivity contribution < 1.29 is 14.6 Å². The van der Waals surface area contributed by atoms with Crippen LogP contribution >= 0.6 is 0 Å². The lowest BCUT2D eigenvalue weighted by molar-refractivity contribution is -0.124. The van der Waals surface area contributed by atoms with Crippen LogP contribution in [-0.4, -0.2) is 30.8 Å². The molecule has 2 aliphatic rings. The van der Waals surface area contributed by atoms with Gasteiger partial charge in [0.25, 0.3) is 0 Å². The second kappa shape index (κ2) is 10.5. The van der Waals surface area contributed by atoms with Crippen LogP contribution in [-0.2, 0) is 11.2 Å². The standard InChI is InChI=1S/C29H43NO3/c1-20(18-27(32)30-17-15-22-8-7-9-23(19-22)33-6)10-12-24-21(2)11-13-25-28(3,4)26(31)14-16-29(24,25)5/h7-9,18-19,24-26,31H,2,10-17H2,1,3-6H3,(H,30,32)/b20-18+/t24-,25-,26-,29+/m1/s1. The van der Waals surface area contributed by atoms with Crippen molar-refractivity contribution in [1.29, 1.82) is 0 Å². The van der Waals surface area contributed by atoms with Crippen molar-refractivity contribution in [2.75, 3.05) is 13.7 Å². The van der Waals surface area contributed by atoms with Gasteiger partial charge in [-0.25, -0.2) is 0 Å². The van der Waals surface area contributed by atoms with Crippen LogP contribution in [0.2, 0.25) is 0 Å². The van der Waals surface area contributed by atoms with Crippen LogP contribution in [0, 0.1) is 22.7 Å². The summed E-state index contributed by atoms with van der Waals surface area (Å²) in [4.78, 5) is 12.4. The Morgan fingerprint density at radius 1 is 1.30 bits per heavy atom. The van der Waals surface area contributed by atoms with Gasteiger partial charge in [-0.1, -0.05) is 50.6 Å². The molecule has 3 rings (SSSR count). The Bertz CT molecular complexity index is 887. The molecule has 0 aromatic heterocycles. The molecular formula is C29H43NO3. The molecule has 2 fully saturated rings. The number of benzene rings is 1. The van der Waals surface area contributed by atoms with E-state index in [0.717, 1.165) is 61.8 Å². The summed E-state index contributed by atoms with van der Waals surface area (Å²) in [5, 5.41) is 13.7. The number of hydrogen-bond donors (Lipinski definition) is 2. The van der Waals surface area contributed by atoms with Gasteiger partial charge in [0.15, 0.2) is 0 Å². The Kier molecular flexibility index (Phi) is 8.10. The molecule has 33 heavy (non-hydrogen) atoms. The molecule has 4 heteroatoms. The number of hydrogen-bond acceptors (Lipinski definition) is 3. The highest BCUT2D eigenvalue weighted by Gasteiger charge is 2.55. The summed E-state index contributed by atoms with van der Waals surface area (Å²) in [6.07, 6.45) is 8.34. The molecule has 0 saturated heterocycles. The summed E-state index contributed by atoms with van der Waals surface area (Å²) in [6.45, 7) is 14.0. The molecule has 2 aliphatic carbocycles. The predicted molar refractivity (Wildman–Crippen MR) is 135 cm³/mol. The maximum absolute atomic E-state index is 12.4. The first-order chi connectivity index (χ1) is 15.6. The molecule has 0 spiro atoms. The number of carbonyl (C=O) groups excluding carboxylic acids is 1. The van der Waals surface area contributed by atoms with E-state index in [-0.39, 0.29) is 22.8 Å². The molecule has 4 nitrogen and oxygen atoms in total. The van der Waals surface area contributed by atoms with Gasteiger partial charge >= 0.3 is 0 Å². The van der Waals surface area contributed by atoms with Gasteiger partial charge in [-0.3, -0.25) is 4.79 Å². The Morgan fingerprint density at radius 3 is 2.79 bits per heavy atom. The number of fused-ring (bicyclic) bond motifs is 1. The monoisotopic (exact) mass is 453 g/mol. The van der Waals surface area contributed by atoms with Crippen LogP contribution in [0.4, 0.5) is 0 Å². The lowest BCUT2D eigenvalue weighted by atomic mass is 9.46. The first-order valence-corrected chi connectivity index (χ1v) is 12.5. The highest BCUT2D eigenvalue weighted by molar-refractivity contribution is 5.88. The molecule has 1 aromatic carbocycles. The molecule has 182 valence electrons. The Hall–Kier alpha value is -2.07. The minimum absolute atomic E-state index is 0.0242. The number of ether oxygens (including phenoxy) is 1. The molecule has 1 aromatic rings. The third-order valence-corrected chi connectivity index (χ3v) is 8.60. The first-order valence-electron chi connectivity index (χ1n) is 12.5. The minimum Gasteiger partial charge on any atom is -0.497 e. The highest BCUT2D eigenvalue weighted by atomic mass is 16.5. The first kappa shape index (κ1) is 25.6. The van der Waals surface area contributed by atoms with E-state index in [1.54, 1.807) is 13.2 Å². The molecule has 4 atom stereocenters. The van der Waals surface area contributed by atoms with Crippen LogP contribution < -0.4 is 10.1 Å². The van der Waals surface area contributed by atoms with Gasteiger partial charge in [-0.05, 0) is 92.2 Å². The van der Waals surface area contributed by atoms with E-state index in [1.165, 1.54) is 5.57 Å². The number of methoxy groups -OCH3 is 1. The van der Waals surface area contributed by atoms with E-state index in [9.17, 15) is 9.90 Å². The summed E-state index contributed by atoms with van der Waals surface area (Å²) in [5.41, 5.74) is 3.74. The van der Waals surface area contributed by atoms with Crippen LogP contribution in [0.15, 0.2) is 48.1 Å². The van der Waals surface area contributed by atoms with Gasteiger partial charge in [0, 0.05) is 12.6 Å². The van der Waals surface area contributed by atoms with Crippen molar-refractivity contribution in [1.82, 2.24) is 5.32 Å². The lowest BCUT2D eigenvalue weighted by Gasteiger charge is -2.59. The number of nitrogens with one attached hydrogen (secondary N) is 1. The third-order valence-electron chi connectivity index (χ3n) is 8.60. The minimum atomic E-state index is -0.218. The van der Waals surface area contributed by atoms with Crippen LogP contribution in [0.3, 0.4) is 0 Å². The van der Waals surface area contributed by atoms with Crippen molar-refractivity contribution >= 4 is 5.91 Å². The Balaban J connectivity index is 1.54. The van der Waals surface area contributed by atoms with E-state index in [1.807, 2.05) is 24.3 Å². The maximum atomic E-state index is 12.4.